The van der Waals surface area contributed by atoms with Crippen LogP contribution in [0.5, 0.6) is 11.5 Å². The number of aromatic hydroxyl groups is 1. The standard InChI is InChI=1S/C18H18O6/c1-22-16-14(17(20)23-2)12(9-11-7-5-4-6-8-11)10-13(19)15(16)18(21)24-3/h4-8,10,19H,9H2,1-3H3. The number of phenols is 1. The van der Waals surface area contributed by atoms with Crippen molar-refractivity contribution < 1.29 is 28.9 Å². The fraction of sp³-hybridized carbons (Fsp3) is 0.222. The van der Waals surface area contributed by atoms with Crippen molar-refractivity contribution in [2.45, 2.75) is 6.42 Å². The van der Waals surface area contributed by atoms with Gasteiger partial charge < -0.3 is 19.3 Å². The molecule has 24 heavy (non-hydrogen) atoms. The Kier molecular flexibility index (Phi) is 5.42. The van der Waals surface area contributed by atoms with Gasteiger partial charge in [0.1, 0.15) is 16.9 Å². The molecule has 0 heterocycles. The van der Waals surface area contributed by atoms with Crippen molar-refractivity contribution in [1.29, 1.82) is 0 Å². The Morgan fingerprint density at radius 2 is 1.54 bits per heavy atom. The quantitative estimate of drug-likeness (QED) is 0.849. The van der Waals surface area contributed by atoms with Crippen LogP contribution in [0.25, 0.3) is 0 Å². The van der Waals surface area contributed by atoms with E-state index < -0.39 is 11.9 Å². The van der Waals surface area contributed by atoms with Crippen molar-refractivity contribution >= 4 is 11.9 Å². The fourth-order valence-electron chi connectivity index (χ4n) is 2.48. The fourth-order valence-corrected chi connectivity index (χ4v) is 2.48. The normalized spacial score (nSPS) is 10.1. The molecule has 0 radical (unpaired) electrons. The van der Waals surface area contributed by atoms with Gasteiger partial charge in [-0.15, -0.1) is 0 Å². The SMILES string of the molecule is COC(=O)c1c(O)cc(Cc2ccccc2)c(C(=O)OC)c1OC. The molecule has 0 aliphatic heterocycles. The molecular formula is C18H18O6. The lowest BCUT2D eigenvalue weighted by Gasteiger charge is -2.17. The summed E-state index contributed by atoms with van der Waals surface area (Å²) in [5.41, 5.74) is 1.28. The lowest BCUT2D eigenvalue weighted by atomic mass is 9.95. The van der Waals surface area contributed by atoms with E-state index in [4.69, 9.17) is 9.47 Å². The number of methoxy groups -OCH3 is 3. The third-order valence-corrected chi connectivity index (χ3v) is 3.56. The minimum Gasteiger partial charge on any atom is -0.507 e. The van der Waals surface area contributed by atoms with Gasteiger partial charge in [0.05, 0.1) is 21.3 Å². The molecule has 0 saturated carbocycles. The average molecular weight is 330 g/mol. The second-order valence-corrected chi connectivity index (χ2v) is 4.98. The molecule has 0 saturated heterocycles. The third kappa shape index (κ3) is 3.32. The molecule has 0 aromatic heterocycles. The van der Waals surface area contributed by atoms with Gasteiger partial charge in [-0.05, 0) is 23.6 Å². The van der Waals surface area contributed by atoms with Crippen molar-refractivity contribution in [3.63, 3.8) is 0 Å². The Hall–Kier alpha value is -3.02. The number of carbonyl (C=O) groups is 2. The highest BCUT2D eigenvalue weighted by atomic mass is 16.5. The zero-order valence-corrected chi connectivity index (χ0v) is 13.7. The number of rotatable bonds is 5. The smallest absolute Gasteiger partial charge is 0.345 e. The van der Waals surface area contributed by atoms with Gasteiger partial charge >= 0.3 is 11.9 Å². The molecule has 0 amide bonds. The summed E-state index contributed by atoms with van der Waals surface area (Å²) < 4.78 is 14.7. The van der Waals surface area contributed by atoms with E-state index in [-0.39, 0.29) is 22.6 Å². The summed E-state index contributed by atoms with van der Waals surface area (Å²) in [6, 6.07) is 10.7. The first kappa shape index (κ1) is 17.3. The highest BCUT2D eigenvalue weighted by Crippen LogP contribution is 2.36. The number of ether oxygens (including phenoxy) is 3. The van der Waals surface area contributed by atoms with E-state index in [1.54, 1.807) is 0 Å². The van der Waals surface area contributed by atoms with E-state index in [2.05, 4.69) is 4.74 Å². The molecule has 2 aromatic carbocycles. The van der Waals surface area contributed by atoms with Crippen LogP contribution >= 0.6 is 0 Å². The second-order valence-electron chi connectivity index (χ2n) is 4.98. The average Bonchev–Trinajstić information content (AvgIpc) is 2.60. The molecule has 0 fully saturated rings. The zero-order chi connectivity index (χ0) is 17.7. The van der Waals surface area contributed by atoms with Gasteiger partial charge in [0.15, 0.2) is 5.75 Å². The van der Waals surface area contributed by atoms with Gasteiger partial charge in [0, 0.05) is 0 Å². The van der Waals surface area contributed by atoms with E-state index >= 15 is 0 Å². The van der Waals surface area contributed by atoms with Crippen LogP contribution in [-0.4, -0.2) is 38.4 Å². The summed E-state index contributed by atoms with van der Waals surface area (Å²) in [4.78, 5) is 24.2. The summed E-state index contributed by atoms with van der Waals surface area (Å²) in [6.45, 7) is 0. The van der Waals surface area contributed by atoms with Crippen LogP contribution in [0.1, 0.15) is 31.8 Å². The monoisotopic (exact) mass is 330 g/mol. The largest absolute Gasteiger partial charge is 0.507 e. The van der Waals surface area contributed by atoms with Crippen LogP contribution in [0.2, 0.25) is 0 Å². The molecule has 6 heteroatoms. The van der Waals surface area contributed by atoms with Gasteiger partial charge in [0.2, 0.25) is 0 Å². The molecule has 1 N–H and O–H groups in total. The highest BCUT2D eigenvalue weighted by Gasteiger charge is 2.28. The number of esters is 2. The molecule has 0 spiro atoms. The predicted octanol–water partition coefficient (Wildman–Crippen LogP) is 2.56. The van der Waals surface area contributed by atoms with Crippen molar-refractivity contribution in [2.75, 3.05) is 21.3 Å². The highest BCUT2D eigenvalue weighted by molar-refractivity contribution is 6.03. The lowest BCUT2D eigenvalue weighted by molar-refractivity contribution is 0.0589. The second kappa shape index (κ2) is 7.50. The Bertz CT molecular complexity index is 752. The number of hydrogen-bond donors (Lipinski definition) is 1. The topological polar surface area (TPSA) is 82.1 Å². The summed E-state index contributed by atoms with van der Waals surface area (Å²) in [5, 5.41) is 10.2. The molecule has 2 rings (SSSR count). The van der Waals surface area contributed by atoms with Crippen LogP contribution in [-0.2, 0) is 15.9 Å². The maximum Gasteiger partial charge on any atom is 0.345 e. The van der Waals surface area contributed by atoms with Crippen LogP contribution in [0.4, 0.5) is 0 Å². The Morgan fingerprint density at radius 1 is 0.958 bits per heavy atom. The first-order valence-electron chi connectivity index (χ1n) is 7.16. The number of carbonyl (C=O) groups excluding carboxylic acids is 2. The molecule has 0 aliphatic rings. The van der Waals surface area contributed by atoms with E-state index in [1.807, 2.05) is 30.3 Å². The van der Waals surface area contributed by atoms with E-state index in [0.29, 0.717) is 12.0 Å². The van der Waals surface area contributed by atoms with Crippen LogP contribution in [0, 0.1) is 0 Å². The summed E-state index contributed by atoms with van der Waals surface area (Å²) in [5.74, 6) is -1.86. The van der Waals surface area contributed by atoms with Crippen molar-refractivity contribution in [3.05, 3.63) is 58.7 Å². The Balaban J connectivity index is 2.68. The van der Waals surface area contributed by atoms with Crippen molar-refractivity contribution in [3.8, 4) is 11.5 Å². The zero-order valence-electron chi connectivity index (χ0n) is 13.7. The molecule has 126 valence electrons. The Morgan fingerprint density at radius 3 is 2.08 bits per heavy atom. The molecule has 0 bridgehead atoms. The first-order chi connectivity index (χ1) is 11.5. The Labute approximate surface area is 139 Å². The van der Waals surface area contributed by atoms with Gasteiger partial charge in [-0.3, -0.25) is 0 Å². The van der Waals surface area contributed by atoms with Gasteiger partial charge in [-0.25, -0.2) is 9.59 Å². The van der Waals surface area contributed by atoms with Crippen LogP contribution < -0.4 is 4.74 Å². The summed E-state index contributed by atoms with van der Waals surface area (Å²) >= 11 is 0. The van der Waals surface area contributed by atoms with Crippen molar-refractivity contribution in [1.82, 2.24) is 0 Å². The van der Waals surface area contributed by atoms with Gasteiger partial charge in [-0.2, -0.15) is 0 Å². The minimum absolute atomic E-state index is 0.0698. The maximum absolute atomic E-state index is 12.2. The van der Waals surface area contributed by atoms with Gasteiger partial charge in [-0.1, -0.05) is 30.3 Å². The van der Waals surface area contributed by atoms with Crippen LogP contribution in [0.15, 0.2) is 36.4 Å². The van der Waals surface area contributed by atoms with E-state index in [9.17, 15) is 14.7 Å². The molecule has 0 atom stereocenters. The van der Waals surface area contributed by atoms with E-state index in [0.717, 1.165) is 5.56 Å². The van der Waals surface area contributed by atoms with Gasteiger partial charge in [0.25, 0.3) is 0 Å². The van der Waals surface area contributed by atoms with Crippen molar-refractivity contribution in [2.24, 2.45) is 0 Å². The van der Waals surface area contributed by atoms with E-state index in [1.165, 1.54) is 27.4 Å². The molecule has 0 aliphatic carbocycles. The molecular weight excluding hydrogens is 312 g/mol. The molecule has 0 unspecified atom stereocenters. The number of hydrogen-bond acceptors (Lipinski definition) is 6. The lowest BCUT2D eigenvalue weighted by Crippen LogP contribution is -2.14. The molecule has 6 nitrogen and oxygen atoms in total. The number of phenolic OH excluding ortho intramolecular Hbond substituents is 1. The number of benzene rings is 2. The van der Waals surface area contributed by atoms with Crippen LogP contribution in [0.3, 0.4) is 0 Å². The maximum atomic E-state index is 12.2. The minimum atomic E-state index is -0.805. The first-order valence-corrected chi connectivity index (χ1v) is 7.16. The molecule has 2 aromatic rings. The third-order valence-electron chi connectivity index (χ3n) is 3.56. The summed E-state index contributed by atoms with van der Waals surface area (Å²) in [6.07, 6.45) is 0.358. The predicted molar refractivity (Wildman–Crippen MR) is 86.6 cm³/mol. The summed E-state index contributed by atoms with van der Waals surface area (Å²) in [7, 11) is 3.72.